The molecule has 1 N–H and O–H groups in total. The standard InChI is InChI=1S/C21H26N4O2/c1-15-5-7-18(8-6-15)25-12-4-10-21(20(25)27)9-3-11-24(21)14-17-13-19(26)23-16(2)22-17/h5-8,13H,3-4,9-12,14H2,1-2H3,(H,22,23,26). The van der Waals surface area contributed by atoms with Gasteiger partial charge in [0, 0.05) is 24.8 Å². The molecule has 2 aliphatic rings. The number of benzene rings is 1. The quantitative estimate of drug-likeness (QED) is 0.906. The Labute approximate surface area is 159 Å². The molecule has 0 saturated carbocycles. The van der Waals surface area contributed by atoms with E-state index in [1.165, 1.54) is 5.56 Å². The van der Waals surface area contributed by atoms with Crippen molar-refractivity contribution < 1.29 is 4.79 Å². The van der Waals surface area contributed by atoms with Crippen LogP contribution in [0.1, 0.15) is 42.8 Å². The lowest BCUT2D eigenvalue weighted by molar-refractivity contribution is -0.131. The highest BCUT2D eigenvalue weighted by molar-refractivity contribution is 6.01. The molecule has 1 amide bonds. The number of nitrogens with zero attached hydrogens (tertiary/aromatic N) is 3. The molecule has 27 heavy (non-hydrogen) atoms. The number of anilines is 1. The Morgan fingerprint density at radius 2 is 1.78 bits per heavy atom. The van der Waals surface area contributed by atoms with Gasteiger partial charge >= 0.3 is 0 Å². The van der Waals surface area contributed by atoms with Gasteiger partial charge in [-0.3, -0.25) is 14.5 Å². The number of H-pyrrole nitrogens is 1. The molecule has 0 bridgehead atoms. The van der Waals surface area contributed by atoms with E-state index in [1.54, 1.807) is 13.0 Å². The fraction of sp³-hybridized carbons (Fsp3) is 0.476. The first kappa shape index (κ1) is 17.9. The van der Waals surface area contributed by atoms with Crippen molar-refractivity contribution in [2.75, 3.05) is 18.0 Å². The van der Waals surface area contributed by atoms with Crippen LogP contribution in [-0.4, -0.2) is 39.4 Å². The van der Waals surface area contributed by atoms with Gasteiger partial charge in [0.1, 0.15) is 11.4 Å². The highest BCUT2D eigenvalue weighted by atomic mass is 16.2. The Morgan fingerprint density at radius 3 is 2.48 bits per heavy atom. The minimum Gasteiger partial charge on any atom is -0.311 e. The molecule has 3 heterocycles. The van der Waals surface area contributed by atoms with Crippen LogP contribution in [0.3, 0.4) is 0 Å². The SMILES string of the molecule is Cc1ccc(N2CCCC3(CCCN3Cc3cc(=O)[nH]c(C)n3)C2=O)cc1. The van der Waals surface area contributed by atoms with Gasteiger partial charge in [0.25, 0.3) is 5.56 Å². The first-order chi connectivity index (χ1) is 13.0. The Bertz CT molecular complexity index is 905. The molecule has 2 aliphatic heterocycles. The molecular weight excluding hydrogens is 340 g/mol. The Hall–Kier alpha value is -2.47. The summed E-state index contributed by atoms with van der Waals surface area (Å²) in [6.45, 7) is 6.01. The summed E-state index contributed by atoms with van der Waals surface area (Å²) < 4.78 is 0. The number of aromatic amines is 1. The van der Waals surface area contributed by atoms with Crippen molar-refractivity contribution in [3.63, 3.8) is 0 Å². The number of rotatable bonds is 3. The summed E-state index contributed by atoms with van der Waals surface area (Å²) in [4.78, 5) is 36.7. The predicted octanol–water partition coefficient (Wildman–Crippen LogP) is 2.55. The average molecular weight is 366 g/mol. The number of amides is 1. The fourth-order valence-electron chi connectivity index (χ4n) is 4.57. The summed E-state index contributed by atoms with van der Waals surface area (Å²) in [7, 11) is 0. The van der Waals surface area contributed by atoms with Crippen molar-refractivity contribution in [1.29, 1.82) is 0 Å². The predicted molar refractivity (Wildman–Crippen MR) is 105 cm³/mol. The summed E-state index contributed by atoms with van der Waals surface area (Å²) in [6.07, 6.45) is 3.72. The molecule has 2 fully saturated rings. The monoisotopic (exact) mass is 366 g/mol. The smallest absolute Gasteiger partial charge is 0.251 e. The first-order valence-electron chi connectivity index (χ1n) is 9.68. The minimum absolute atomic E-state index is 0.137. The van der Waals surface area contributed by atoms with Crippen molar-refractivity contribution in [1.82, 2.24) is 14.9 Å². The van der Waals surface area contributed by atoms with E-state index in [0.717, 1.165) is 50.2 Å². The lowest BCUT2D eigenvalue weighted by Crippen LogP contribution is -2.60. The number of aryl methyl sites for hydroxylation is 2. The normalized spacial score (nSPS) is 23.3. The van der Waals surface area contributed by atoms with E-state index < -0.39 is 5.54 Å². The van der Waals surface area contributed by atoms with Crippen LogP contribution in [0.4, 0.5) is 5.69 Å². The molecule has 2 aromatic rings. The van der Waals surface area contributed by atoms with Crippen LogP contribution in [0.25, 0.3) is 0 Å². The number of aromatic nitrogens is 2. The van der Waals surface area contributed by atoms with Gasteiger partial charge in [0.05, 0.1) is 5.69 Å². The zero-order chi connectivity index (χ0) is 19.0. The number of carbonyl (C=O) groups is 1. The highest BCUT2D eigenvalue weighted by Gasteiger charge is 2.51. The maximum Gasteiger partial charge on any atom is 0.251 e. The summed E-state index contributed by atoms with van der Waals surface area (Å²) in [5, 5.41) is 0. The topological polar surface area (TPSA) is 69.3 Å². The minimum atomic E-state index is -0.471. The summed E-state index contributed by atoms with van der Waals surface area (Å²) in [6, 6.07) is 9.73. The number of piperidine rings is 1. The zero-order valence-electron chi connectivity index (χ0n) is 16.0. The second-order valence-electron chi connectivity index (χ2n) is 7.77. The van der Waals surface area contributed by atoms with E-state index in [-0.39, 0.29) is 11.5 Å². The summed E-state index contributed by atoms with van der Waals surface area (Å²) in [5.41, 5.74) is 2.29. The molecular formula is C21H26N4O2. The number of carbonyl (C=O) groups excluding carboxylic acids is 1. The Balaban J connectivity index is 1.62. The molecule has 6 nitrogen and oxygen atoms in total. The molecule has 142 valence electrons. The van der Waals surface area contributed by atoms with Crippen LogP contribution in [0.15, 0.2) is 35.1 Å². The molecule has 0 radical (unpaired) electrons. The summed E-state index contributed by atoms with van der Waals surface area (Å²) in [5.74, 6) is 0.804. The second-order valence-corrected chi connectivity index (χ2v) is 7.77. The molecule has 1 aromatic heterocycles. The van der Waals surface area contributed by atoms with Crippen molar-refractivity contribution >= 4 is 11.6 Å². The van der Waals surface area contributed by atoms with E-state index in [0.29, 0.717) is 12.4 Å². The summed E-state index contributed by atoms with van der Waals surface area (Å²) >= 11 is 0. The highest BCUT2D eigenvalue weighted by Crippen LogP contribution is 2.40. The van der Waals surface area contributed by atoms with Crippen molar-refractivity contribution in [3.8, 4) is 0 Å². The number of hydrogen-bond donors (Lipinski definition) is 1. The van der Waals surface area contributed by atoms with E-state index in [2.05, 4.69) is 33.9 Å². The van der Waals surface area contributed by atoms with Gasteiger partial charge in [-0.15, -0.1) is 0 Å². The van der Waals surface area contributed by atoms with Crippen LogP contribution in [0, 0.1) is 13.8 Å². The van der Waals surface area contributed by atoms with Crippen LogP contribution in [-0.2, 0) is 11.3 Å². The second kappa shape index (κ2) is 6.93. The van der Waals surface area contributed by atoms with E-state index in [9.17, 15) is 9.59 Å². The lowest BCUT2D eigenvalue weighted by atomic mass is 9.85. The van der Waals surface area contributed by atoms with Gasteiger partial charge in [-0.1, -0.05) is 17.7 Å². The van der Waals surface area contributed by atoms with Gasteiger partial charge < -0.3 is 9.88 Å². The number of nitrogens with one attached hydrogen (secondary N) is 1. The van der Waals surface area contributed by atoms with Gasteiger partial charge in [-0.05, 0) is 58.2 Å². The van der Waals surface area contributed by atoms with Gasteiger partial charge in [-0.25, -0.2) is 4.98 Å². The largest absolute Gasteiger partial charge is 0.311 e. The Kier molecular flexibility index (Phi) is 4.60. The van der Waals surface area contributed by atoms with Gasteiger partial charge in [0.15, 0.2) is 0 Å². The van der Waals surface area contributed by atoms with Crippen LogP contribution >= 0.6 is 0 Å². The Morgan fingerprint density at radius 1 is 1.07 bits per heavy atom. The maximum absolute atomic E-state index is 13.6. The van der Waals surface area contributed by atoms with Crippen molar-refractivity contribution in [2.24, 2.45) is 0 Å². The van der Waals surface area contributed by atoms with Crippen molar-refractivity contribution in [2.45, 2.75) is 51.6 Å². The van der Waals surface area contributed by atoms with Gasteiger partial charge in [0.2, 0.25) is 5.91 Å². The molecule has 4 rings (SSSR count). The van der Waals surface area contributed by atoms with Crippen LogP contribution in [0.5, 0.6) is 0 Å². The third-order valence-corrected chi connectivity index (χ3v) is 5.85. The third-order valence-electron chi connectivity index (χ3n) is 5.85. The third kappa shape index (κ3) is 3.30. The zero-order valence-corrected chi connectivity index (χ0v) is 16.0. The number of likely N-dealkylation sites (tertiary alicyclic amines) is 1. The van der Waals surface area contributed by atoms with Gasteiger partial charge in [-0.2, -0.15) is 0 Å². The average Bonchev–Trinajstić information content (AvgIpc) is 3.01. The molecule has 2 saturated heterocycles. The van der Waals surface area contributed by atoms with Crippen LogP contribution in [0.2, 0.25) is 0 Å². The first-order valence-corrected chi connectivity index (χ1v) is 9.68. The molecule has 1 spiro atoms. The molecule has 1 aromatic carbocycles. The lowest BCUT2D eigenvalue weighted by Gasteiger charge is -2.44. The van der Waals surface area contributed by atoms with E-state index in [4.69, 9.17) is 0 Å². The van der Waals surface area contributed by atoms with Crippen LogP contribution < -0.4 is 10.5 Å². The van der Waals surface area contributed by atoms with Crippen molar-refractivity contribution in [3.05, 3.63) is 57.8 Å². The van der Waals surface area contributed by atoms with E-state index >= 15 is 0 Å². The molecule has 6 heteroatoms. The number of hydrogen-bond acceptors (Lipinski definition) is 4. The molecule has 0 aliphatic carbocycles. The fourth-order valence-corrected chi connectivity index (χ4v) is 4.57. The molecule has 1 unspecified atom stereocenters. The maximum atomic E-state index is 13.6. The van der Waals surface area contributed by atoms with E-state index in [1.807, 2.05) is 17.0 Å². The molecule has 1 atom stereocenters.